The van der Waals surface area contributed by atoms with E-state index in [-0.39, 0.29) is 0 Å². The largest absolute Gasteiger partial charge is 0.299 e. The van der Waals surface area contributed by atoms with Gasteiger partial charge < -0.3 is 0 Å². The van der Waals surface area contributed by atoms with E-state index < -0.39 is 0 Å². The molecule has 2 aliphatic rings. The number of hydrogen-bond acceptors (Lipinski definition) is 1. The molecule has 0 amide bonds. The van der Waals surface area contributed by atoms with E-state index in [9.17, 15) is 4.79 Å². The molecule has 0 radical (unpaired) electrons. The lowest BCUT2D eigenvalue weighted by molar-refractivity contribution is -0.122. The maximum Gasteiger partial charge on any atom is 0.136 e. The molecule has 0 aromatic rings. The molecule has 0 aromatic heterocycles. The number of Topliss-reactive ketones (excluding diaryl/α,β-unsaturated/α-hetero) is 1. The van der Waals surface area contributed by atoms with Crippen LogP contribution in [0.4, 0.5) is 0 Å². The molecule has 0 saturated heterocycles. The van der Waals surface area contributed by atoms with Gasteiger partial charge in [0.15, 0.2) is 0 Å². The van der Waals surface area contributed by atoms with Crippen molar-refractivity contribution in [2.75, 3.05) is 0 Å². The van der Waals surface area contributed by atoms with Crippen LogP contribution in [-0.2, 0) is 4.79 Å². The molecule has 2 bridgehead atoms. The second-order valence-electron chi connectivity index (χ2n) is 3.89. The standard InChI is InChI=1S/C8H12O/c1-8-3-2-6(4-8)7(9)5-8/h6H,2-5H2,1H3/t6-,8+/m0/s1. The summed E-state index contributed by atoms with van der Waals surface area (Å²) in [6.45, 7) is 2.25. The van der Waals surface area contributed by atoms with Crippen LogP contribution in [0.25, 0.3) is 0 Å². The van der Waals surface area contributed by atoms with E-state index in [0.29, 0.717) is 17.1 Å². The summed E-state index contributed by atoms with van der Waals surface area (Å²) in [5.41, 5.74) is 0.432. The molecule has 50 valence electrons. The van der Waals surface area contributed by atoms with E-state index in [1.54, 1.807) is 0 Å². The minimum atomic E-state index is 0.432. The second kappa shape index (κ2) is 1.39. The van der Waals surface area contributed by atoms with Crippen molar-refractivity contribution >= 4 is 5.78 Å². The first kappa shape index (κ1) is 5.45. The van der Waals surface area contributed by atoms with Crippen molar-refractivity contribution < 1.29 is 4.79 Å². The van der Waals surface area contributed by atoms with Crippen LogP contribution in [0.1, 0.15) is 32.6 Å². The first-order valence-corrected chi connectivity index (χ1v) is 3.72. The predicted molar refractivity (Wildman–Crippen MR) is 35.1 cm³/mol. The second-order valence-corrected chi connectivity index (χ2v) is 3.89. The molecule has 0 spiro atoms. The van der Waals surface area contributed by atoms with Gasteiger partial charge in [-0.25, -0.2) is 0 Å². The Morgan fingerprint density at radius 1 is 1.67 bits per heavy atom. The molecule has 2 rings (SSSR count). The third kappa shape index (κ3) is 0.637. The van der Waals surface area contributed by atoms with E-state index in [0.717, 1.165) is 6.42 Å². The third-order valence-corrected chi connectivity index (χ3v) is 2.89. The zero-order chi connectivity index (χ0) is 6.48. The average Bonchev–Trinajstić information content (AvgIpc) is 2.20. The minimum absolute atomic E-state index is 0.432. The average molecular weight is 124 g/mol. The van der Waals surface area contributed by atoms with Gasteiger partial charge in [0.25, 0.3) is 0 Å². The monoisotopic (exact) mass is 124 g/mol. The summed E-state index contributed by atoms with van der Waals surface area (Å²) in [5.74, 6) is 0.999. The van der Waals surface area contributed by atoms with Gasteiger partial charge in [0.1, 0.15) is 5.78 Å². The van der Waals surface area contributed by atoms with Gasteiger partial charge in [0, 0.05) is 12.3 Å². The van der Waals surface area contributed by atoms with Crippen LogP contribution in [-0.4, -0.2) is 5.78 Å². The Labute approximate surface area is 55.4 Å². The van der Waals surface area contributed by atoms with Crippen LogP contribution >= 0.6 is 0 Å². The predicted octanol–water partition coefficient (Wildman–Crippen LogP) is 1.77. The molecule has 9 heavy (non-hydrogen) atoms. The molecule has 0 N–H and O–H groups in total. The Bertz CT molecular complexity index is 162. The first-order valence-electron chi connectivity index (χ1n) is 3.72. The maximum absolute atomic E-state index is 11.0. The molecular weight excluding hydrogens is 112 g/mol. The summed E-state index contributed by atoms with van der Waals surface area (Å²) in [6, 6.07) is 0. The highest BCUT2D eigenvalue weighted by atomic mass is 16.1. The van der Waals surface area contributed by atoms with E-state index in [1.807, 2.05) is 0 Å². The van der Waals surface area contributed by atoms with E-state index in [1.165, 1.54) is 19.3 Å². The molecule has 0 aliphatic heterocycles. The van der Waals surface area contributed by atoms with Crippen molar-refractivity contribution in [1.29, 1.82) is 0 Å². The Balaban J connectivity index is 2.28. The summed E-state index contributed by atoms with van der Waals surface area (Å²) in [4.78, 5) is 11.0. The lowest BCUT2D eigenvalue weighted by Crippen LogP contribution is -2.13. The Kier molecular flexibility index (Phi) is 0.842. The fourth-order valence-electron chi connectivity index (χ4n) is 2.32. The van der Waals surface area contributed by atoms with Crippen LogP contribution in [0.2, 0.25) is 0 Å². The molecule has 2 saturated carbocycles. The lowest BCUT2D eigenvalue weighted by atomic mass is 9.86. The first-order chi connectivity index (χ1) is 4.20. The van der Waals surface area contributed by atoms with Gasteiger partial charge in [-0.1, -0.05) is 6.92 Å². The molecule has 2 fully saturated rings. The fraction of sp³-hybridized carbons (Fsp3) is 0.875. The van der Waals surface area contributed by atoms with Gasteiger partial charge in [-0.2, -0.15) is 0 Å². The maximum atomic E-state index is 11.0. The molecule has 0 aromatic carbocycles. The summed E-state index contributed by atoms with van der Waals surface area (Å²) in [6.07, 6.45) is 4.53. The number of fused-ring (bicyclic) bond motifs is 2. The van der Waals surface area contributed by atoms with E-state index >= 15 is 0 Å². The highest BCUT2D eigenvalue weighted by molar-refractivity contribution is 5.85. The van der Waals surface area contributed by atoms with Gasteiger partial charge in [0.05, 0.1) is 0 Å². The van der Waals surface area contributed by atoms with Gasteiger partial charge in [-0.05, 0) is 24.7 Å². The SMILES string of the molecule is C[C@@]12CC[C@@H](C1)C(=O)C2. The molecule has 0 unspecified atom stereocenters. The zero-order valence-corrected chi connectivity index (χ0v) is 5.81. The summed E-state index contributed by atoms with van der Waals surface area (Å²) in [5, 5.41) is 0. The van der Waals surface area contributed by atoms with Crippen LogP contribution in [0.5, 0.6) is 0 Å². The topological polar surface area (TPSA) is 17.1 Å². The number of carbonyl (C=O) groups is 1. The number of rotatable bonds is 0. The van der Waals surface area contributed by atoms with Gasteiger partial charge in [-0.15, -0.1) is 0 Å². The Morgan fingerprint density at radius 3 is 2.67 bits per heavy atom. The highest BCUT2D eigenvalue weighted by Crippen LogP contribution is 2.51. The van der Waals surface area contributed by atoms with Gasteiger partial charge in [-0.3, -0.25) is 4.79 Å². The quantitative estimate of drug-likeness (QED) is 0.481. The van der Waals surface area contributed by atoms with Crippen molar-refractivity contribution in [3.63, 3.8) is 0 Å². The smallest absolute Gasteiger partial charge is 0.136 e. The van der Waals surface area contributed by atoms with Crippen LogP contribution in [0.3, 0.4) is 0 Å². The number of carbonyl (C=O) groups excluding carboxylic acids is 1. The van der Waals surface area contributed by atoms with Gasteiger partial charge in [0.2, 0.25) is 0 Å². The fourth-order valence-corrected chi connectivity index (χ4v) is 2.32. The number of ketones is 1. The molecular formula is C8H12O. The van der Waals surface area contributed by atoms with Gasteiger partial charge >= 0.3 is 0 Å². The van der Waals surface area contributed by atoms with Crippen molar-refractivity contribution in [3.8, 4) is 0 Å². The summed E-state index contributed by atoms with van der Waals surface area (Å²) in [7, 11) is 0. The molecule has 2 atom stereocenters. The van der Waals surface area contributed by atoms with Crippen LogP contribution in [0, 0.1) is 11.3 Å². The molecule has 0 heterocycles. The van der Waals surface area contributed by atoms with Crippen molar-refractivity contribution in [2.45, 2.75) is 32.6 Å². The van der Waals surface area contributed by atoms with Crippen molar-refractivity contribution in [1.82, 2.24) is 0 Å². The van der Waals surface area contributed by atoms with Crippen molar-refractivity contribution in [2.24, 2.45) is 11.3 Å². The molecule has 1 nitrogen and oxygen atoms in total. The Hall–Kier alpha value is -0.330. The normalized spacial score (nSPS) is 48.6. The zero-order valence-electron chi connectivity index (χ0n) is 5.81. The third-order valence-electron chi connectivity index (χ3n) is 2.89. The van der Waals surface area contributed by atoms with E-state index in [4.69, 9.17) is 0 Å². The minimum Gasteiger partial charge on any atom is -0.299 e. The highest BCUT2D eigenvalue weighted by Gasteiger charge is 2.46. The van der Waals surface area contributed by atoms with E-state index in [2.05, 4.69) is 6.92 Å². The summed E-state index contributed by atoms with van der Waals surface area (Å²) >= 11 is 0. The molecule has 2 aliphatic carbocycles. The van der Waals surface area contributed by atoms with Crippen LogP contribution < -0.4 is 0 Å². The lowest BCUT2D eigenvalue weighted by Gasteiger charge is -2.18. The van der Waals surface area contributed by atoms with Crippen LogP contribution in [0.15, 0.2) is 0 Å². The van der Waals surface area contributed by atoms with Crippen molar-refractivity contribution in [3.05, 3.63) is 0 Å². The summed E-state index contributed by atoms with van der Waals surface area (Å²) < 4.78 is 0. The molecule has 1 heteroatoms. The number of hydrogen-bond donors (Lipinski definition) is 0. The Morgan fingerprint density at radius 2 is 2.44 bits per heavy atom.